The van der Waals surface area contributed by atoms with Crippen LogP contribution in [0, 0.1) is 17.8 Å². The molecule has 4 amide bonds. The van der Waals surface area contributed by atoms with Crippen molar-refractivity contribution in [3.8, 4) is 11.5 Å². The fraction of sp³-hybridized carbons (Fsp3) is 0.410. The number of carbonyl (C=O) groups excluding carboxylic acids is 4. The number of hydrogen-bond acceptors (Lipinski definition) is 7. The Kier molecular flexibility index (Phi) is 12.3. The summed E-state index contributed by atoms with van der Waals surface area (Å²) < 4.78 is 11.3. The molecule has 0 spiro atoms. The number of methoxy groups -OCH3 is 1. The van der Waals surface area contributed by atoms with Crippen LogP contribution in [-0.2, 0) is 16.0 Å². The molecule has 1 aromatic heterocycles. The second-order valence-electron chi connectivity index (χ2n) is 13.2. The van der Waals surface area contributed by atoms with Gasteiger partial charge in [-0.1, -0.05) is 61.9 Å². The average Bonchev–Trinajstić information content (AvgIpc) is 3.78. The Bertz CT molecular complexity index is 1830. The molecule has 0 bridgehead atoms. The van der Waals surface area contributed by atoms with E-state index in [1.807, 2.05) is 38.1 Å². The largest absolute Gasteiger partial charge is 0.493 e. The van der Waals surface area contributed by atoms with Crippen molar-refractivity contribution in [1.29, 1.82) is 0 Å². The summed E-state index contributed by atoms with van der Waals surface area (Å²) in [6, 6.07) is 23.0. The van der Waals surface area contributed by atoms with Crippen LogP contribution in [0.2, 0.25) is 0 Å². The van der Waals surface area contributed by atoms with E-state index in [2.05, 4.69) is 58.1 Å². The first-order valence-electron chi connectivity index (χ1n) is 17.5. The van der Waals surface area contributed by atoms with E-state index < -0.39 is 5.92 Å². The number of likely N-dealkylation sites (tertiary alicyclic amines) is 2. The first-order valence-corrected chi connectivity index (χ1v) is 17.5. The van der Waals surface area contributed by atoms with Gasteiger partial charge < -0.3 is 29.9 Å². The molecule has 6 rings (SSSR count). The van der Waals surface area contributed by atoms with E-state index in [1.54, 1.807) is 28.0 Å². The highest BCUT2D eigenvalue weighted by molar-refractivity contribution is 6.05. The Balaban J connectivity index is 0.000000488. The van der Waals surface area contributed by atoms with Gasteiger partial charge in [-0.25, -0.2) is 0 Å². The van der Waals surface area contributed by atoms with Gasteiger partial charge >= 0.3 is 0 Å². The van der Waals surface area contributed by atoms with Crippen molar-refractivity contribution in [2.45, 2.75) is 39.7 Å². The molecule has 270 valence electrons. The first kappa shape index (κ1) is 36.9. The molecule has 3 atom stereocenters. The quantitative estimate of drug-likeness (QED) is 0.224. The highest BCUT2D eigenvalue weighted by Crippen LogP contribution is 2.38. The highest BCUT2D eigenvalue weighted by atomic mass is 16.5. The number of nitrogens with one attached hydrogen (secondary N) is 3. The third kappa shape index (κ3) is 8.86. The Morgan fingerprint density at radius 3 is 2.29 bits per heavy atom. The fourth-order valence-electron chi connectivity index (χ4n) is 6.82. The zero-order valence-electron chi connectivity index (χ0n) is 30.0. The molecule has 3 N–H and O–H groups in total. The number of aromatic amines is 1. The van der Waals surface area contributed by atoms with Crippen LogP contribution in [0.3, 0.4) is 0 Å². The number of likely N-dealkylation sites (N-methyl/N-ethyl adjacent to an activating group) is 1. The van der Waals surface area contributed by atoms with E-state index in [-0.39, 0.29) is 60.4 Å². The summed E-state index contributed by atoms with van der Waals surface area (Å²) in [6.45, 7) is 7.10. The van der Waals surface area contributed by atoms with E-state index in [4.69, 9.17) is 9.47 Å². The third-order valence-corrected chi connectivity index (χ3v) is 9.32. The maximum atomic E-state index is 13.7. The molecule has 12 nitrogen and oxygen atoms in total. The van der Waals surface area contributed by atoms with Gasteiger partial charge in [0.1, 0.15) is 0 Å². The number of hydrogen-bond donors (Lipinski definition) is 3. The number of para-hydroxylation sites is 1. The molecular weight excluding hydrogens is 648 g/mol. The second kappa shape index (κ2) is 17.0. The lowest BCUT2D eigenvalue weighted by molar-refractivity contribution is -0.131. The van der Waals surface area contributed by atoms with Crippen molar-refractivity contribution < 1.29 is 28.7 Å². The van der Waals surface area contributed by atoms with Crippen LogP contribution in [0.5, 0.6) is 11.5 Å². The smallest absolute Gasteiger partial charge is 0.275 e. The van der Waals surface area contributed by atoms with Gasteiger partial charge in [0.25, 0.3) is 11.8 Å². The Labute approximate surface area is 298 Å². The molecule has 2 saturated heterocycles. The van der Waals surface area contributed by atoms with Crippen molar-refractivity contribution in [2.24, 2.45) is 17.8 Å². The molecule has 2 aliphatic rings. The number of H-pyrrole nitrogens is 1. The molecule has 3 aromatic carbocycles. The van der Waals surface area contributed by atoms with Gasteiger partial charge in [-0.2, -0.15) is 5.10 Å². The number of benzene rings is 3. The number of ether oxygens (including phenoxy) is 2. The van der Waals surface area contributed by atoms with Crippen molar-refractivity contribution >= 4 is 34.5 Å². The van der Waals surface area contributed by atoms with Gasteiger partial charge in [-0.05, 0) is 61.9 Å². The summed E-state index contributed by atoms with van der Waals surface area (Å²) >= 11 is 0. The predicted molar refractivity (Wildman–Crippen MR) is 195 cm³/mol. The minimum absolute atomic E-state index is 0.0567. The van der Waals surface area contributed by atoms with Gasteiger partial charge in [0.2, 0.25) is 11.8 Å². The van der Waals surface area contributed by atoms with Crippen LogP contribution in [0.4, 0.5) is 0 Å². The topological polar surface area (TPSA) is 146 Å². The summed E-state index contributed by atoms with van der Waals surface area (Å²) in [7, 11) is 3.02. The minimum atomic E-state index is -0.614. The van der Waals surface area contributed by atoms with E-state index in [1.165, 1.54) is 32.6 Å². The molecule has 51 heavy (non-hydrogen) atoms. The van der Waals surface area contributed by atoms with Crippen LogP contribution in [0.25, 0.3) is 10.9 Å². The maximum absolute atomic E-state index is 13.7. The van der Waals surface area contributed by atoms with Crippen molar-refractivity contribution in [2.75, 3.05) is 46.9 Å². The van der Waals surface area contributed by atoms with Gasteiger partial charge in [-0.15, -0.1) is 0 Å². The maximum Gasteiger partial charge on any atom is 0.275 e. The molecule has 2 fully saturated rings. The zero-order chi connectivity index (χ0) is 36.5. The number of aryl methyl sites for hydroxylation is 1. The number of piperidine rings is 1. The van der Waals surface area contributed by atoms with Crippen LogP contribution >= 0.6 is 0 Å². The van der Waals surface area contributed by atoms with Gasteiger partial charge in [-0.3, -0.25) is 24.3 Å². The fourth-order valence-corrected chi connectivity index (χ4v) is 6.82. The molecule has 12 heteroatoms. The van der Waals surface area contributed by atoms with E-state index in [0.717, 1.165) is 5.52 Å². The van der Waals surface area contributed by atoms with Gasteiger partial charge in [0.05, 0.1) is 31.2 Å². The molecule has 2 aliphatic heterocycles. The minimum Gasteiger partial charge on any atom is -0.493 e. The lowest BCUT2D eigenvalue weighted by Gasteiger charge is -2.39. The Morgan fingerprint density at radius 1 is 0.902 bits per heavy atom. The van der Waals surface area contributed by atoms with Crippen molar-refractivity contribution in [3.63, 3.8) is 0 Å². The molecule has 3 heterocycles. The zero-order valence-corrected chi connectivity index (χ0v) is 30.0. The summed E-state index contributed by atoms with van der Waals surface area (Å²) in [4.78, 5) is 56.0. The Morgan fingerprint density at radius 2 is 1.61 bits per heavy atom. The summed E-state index contributed by atoms with van der Waals surface area (Å²) in [5, 5.41) is 13.1. The lowest BCUT2D eigenvalue weighted by Crippen LogP contribution is -2.54. The van der Waals surface area contributed by atoms with Crippen molar-refractivity contribution in [1.82, 2.24) is 30.6 Å². The van der Waals surface area contributed by atoms with Crippen LogP contribution in [0.1, 0.15) is 53.6 Å². The standard InChI is InChI=1S/C30H36N6O6.C9H12/c1-17(2)42-24-10-9-18(11-25(24)41-4)29(39)35-13-19-14-36(30(40)27-20-7-5-6-8-23(20)33-34-27)16-22(21(19)15-35)28(38)32-12-26(37)31-3;1-2-6-9-7-4-3-5-8-9/h5-11,17,19,21-22H,12-16H2,1-4H3,(H,31,37)(H,32,38)(H,33,34);3-5,7-8H,2,6H2,1H3. The van der Waals surface area contributed by atoms with Crippen LogP contribution < -0.4 is 20.1 Å². The number of aromatic nitrogens is 2. The lowest BCUT2D eigenvalue weighted by atomic mass is 9.79. The number of amides is 4. The second-order valence-corrected chi connectivity index (χ2v) is 13.2. The van der Waals surface area contributed by atoms with Gasteiger partial charge in [0, 0.05) is 44.2 Å². The summed E-state index contributed by atoms with van der Waals surface area (Å²) in [5.41, 5.74) is 2.92. The molecule has 4 aromatic rings. The van der Waals surface area contributed by atoms with Crippen LogP contribution in [0.15, 0.2) is 72.8 Å². The molecule has 0 radical (unpaired) electrons. The van der Waals surface area contributed by atoms with E-state index in [9.17, 15) is 19.2 Å². The first-order chi connectivity index (χ1) is 24.6. The molecule has 0 saturated carbocycles. The average molecular weight is 697 g/mol. The number of nitrogens with zero attached hydrogens (tertiary/aromatic N) is 3. The summed E-state index contributed by atoms with van der Waals surface area (Å²) in [5.74, 6) is -1.07. The third-order valence-electron chi connectivity index (χ3n) is 9.32. The monoisotopic (exact) mass is 696 g/mol. The number of rotatable bonds is 10. The van der Waals surface area contributed by atoms with Crippen LogP contribution in [-0.4, -0.2) is 96.6 Å². The normalized spacial score (nSPS) is 18.0. The molecule has 0 aliphatic carbocycles. The van der Waals surface area contributed by atoms with E-state index in [0.29, 0.717) is 42.1 Å². The SMILES string of the molecule is CCCc1ccccc1.CNC(=O)CNC(=O)C1CN(C(=O)c2n[nH]c3ccccc23)CC2CN(C(=O)c3ccc(OC(C)C)c(OC)c3)CC21. The Hall–Kier alpha value is -5.39. The number of fused-ring (bicyclic) bond motifs is 2. The summed E-state index contributed by atoms with van der Waals surface area (Å²) in [6.07, 6.45) is 2.39. The van der Waals surface area contributed by atoms with Crippen molar-refractivity contribution in [3.05, 3.63) is 89.6 Å². The predicted octanol–water partition coefficient (Wildman–Crippen LogP) is 4.32. The van der Waals surface area contributed by atoms with E-state index >= 15 is 0 Å². The molecule has 3 unspecified atom stereocenters. The number of carbonyl (C=O) groups is 4. The molecular formula is C39H48N6O6. The van der Waals surface area contributed by atoms with Gasteiger partial charge in [0.15, 0.2) is 17.2 Å². The highest BCUT2D eigenvalue weighted by Gasteiger charge is 2.48.